The molecule has 1 saturated heterocycles. The zero-order valence-electron chi connectivity index (χ0n) is 11.8. The summed E-state index contributed by atoms with van der Waals surface area (Å²) in [5.41, 5.74) is 5.62. The summed E-state index contributed by atoms with van der Waals surface area (Å²) < 4.78 is 5.21. The first-order valence-electron chi connectivity index (χ1n) is 6.64. The Kier molecular flexibility index (Phi) is 5.03. The van der Waals surface area contributed by atoms with Crippen LogP contribution >= 0.6 is 11.6 Å². The van der Waals surface area contributed by atoms with Gasteiger partial charge in [0.15, 0.2) is 0 Å². The van der Waals surface area contributed by atoms with Gasteiger partial charge in [0.05, 0.1) is 19.2 Å². The van der Waals surface area contributed by atoms with Crippen LogP contribution in [-0.4, -0.2) is 61.4 Å². The fourth-order valence-electron chi connectivity index (χ4n) is 2.35. The van der Waals surface area contributed by atoms with E-state index in [9.17, 15) is 9.59 Å². The van der Waals surface area contributed by atoms with Gasteiger partial charge >= 0.3 is 0 Å². The Balaban J connectivity index is 2.05. The van der Waals surface area contributed by atoms with Gasteiger partial charge in [-0.2, -0.15) is 0 Å². The molecule has 1 fully saturated rings. The predicted octanol–water partition coefficient (Wildman–Crippen LogP) is 0.592. The molecule has 0 aliphatic carbocycles. The van der Waals surface area contributed by atoms with E-state index in [1.807, 2.05) is 4.90 Å². The van der Waals surface area contributed by atoms with Crippen LogP contribution < -0.4 is 10.5 Å². The summed E-state index contributed by atoms with van der Waals surface area (Å²) >= 11 is 5.95. The first-order chi connectivity index (χ1) is 10.0. The molecule has 2 rings (SSSR count). The third-order valence-electron chi connectivity index (χ3n) is 3.43. The van der Waals surface area contributed by atoms with Crippen LogP contribution in [0.15, 0.2) is 18.2 Å². The van der Waals surface area contributed by atoms with Crippen molar-refractivity contribution in [1.29, 1.82) is 0 Å². The molecular formula is C14H18ClN3O3. The highest BCUT2D eigenvalue weighted by Gasteiger charge is 2.24. The van der Waals surface area contributed by atoms with E-state index in [-0.39, 0.29) is 18.4 Å². The third kappa shape index (κ3) is 3.86. The van der Waals surface area contributed by atoms with Crippen LogP contribution in [0.4, 0.5) is 0 Å². The quantitative estimate of drug-likeness (QED) is 0.883. The summed E-state index contributed by atoms with van der Waals surface area (Å²) in [4.78, 5) is 27.1. The molecule has 0 bridgehead atoms. The number of rotatable bonds is 4. The third-order valence-corrected chi connectivity index (χ3v) is 3.67. The van der Waals surface area contributed by atoms with E-state index in [0.717, 1.165) is 0 Å². The molecule has 0 spiro atoms. The Morgan fingerprint density at radius 2 is 1.95 bits per heavy atom. The van der Waals surface area contributed by atoms with Crippen molar-refractivity contribution in [2.24, 2.45) is 5.73 Å². The molecule has 21 heavy (non-hydrogen) atoms. The van der Waals surface area contributed by atoms with Gasteiger partial charge in [-0.1, -0.05) is 11.6 Å². The maximum Gasteiger partial charge on any atom is 0.257 e. The van der Waals surface area contributed by atoms with Crippen molar-refractivity contribution >= 4 is 23.4 Å². The summed E-state index contributed by atoms with van der Waals surface area (Å²) in [5.74, 6) is 0.0309. The molecule has 6 nitrogen and oxygen atoms in total. The van der Waals surface area contributed by atoms with E-state index < -0.39 is 0 Å². The highest BCUT2D eigenvalue weighted by molar-refractivity contribution is 6.31. The van der Waals surface area contributed by atoms with Crippen molar-refractivity contribution in [3.05, 3.63) is 28.8 Å². The lowest BCUT2D eigenvalue weighted by Gasteiger charge is -2.34. The SMILES string of the molecule is COc1ccc(Cl)cc1C(=O)N1CCN(CC(N)=O)CC1. The molecule has 2 N–H and O–H groups in total. The van der Waals surface area contributed by atoms with E-state index in [1.54, 1.807) is 23.1 Å². The van der Waals surface area contributed by atoms with Crippen LogP contribution in [0, 0.1) is 0 Å². The van der Waals surface area contributed by atoms with Crippen molar-refractivity contribution in [1.82, 2.24) is 9.80 Å². The average Bonchev–Trinajstić information content (AvgIpc) is 2.46. The summed E-state index contributed by atoms with van der Waals surface area (Å²) in [6, 6.07) is 4.97. The fourth-order valence-corrected chi connectivity index (χ4v) is 2.52. The highest BCUT2D eigenvalue weighted by atomic mass is 35.5. The van der Waals surface area contributed by atoms with Gasteiger partial charge in [-0.15, -0.1) is 0 Å². The van der Waals surface area contributed by atoms with E-state index >= 15 is 0 Å². The Morgan fingerprint density at radius 3 is 2.52 bits per heavy atom. The first-order valence-corrected chi connectivity index (χ1v) is 7.02. The number of carbonyl (C=O) groups is 2. The van der Waals surface area contributed by atoms with Crippen LogP contribution in [0.3, 0.4) is 0 Å². The minimum Gasteiger partial charge on any atom is -0.496 e. The minimum atomic E-state index is -0.355. The van der Waals surface area contributed by atoms with Crippen molar-refractivity contribution < 1.29 is 14.3 Å². The molecule has 0 unspecified atom stereocenters. The van der Waals surface area contributed by atoms with Crippen LogP contribution in [-0.2, 0) is 4.79 Å². The number of hydrogen-bond donors (Lipinski definition) is 1. The topological polar surface area (TPSA) is 75.9 Å². The standard InChI is InChI=1S/C14H18ClN3O3/c1-21-12-3-2-10(15)8-11(12)14(20)18-6-4-17(5-7-18)9-13(16)19/h2-3,8H,4-7,9H2,1H3,(H2,16,19). The van der Waals surface area contributed by atoms with Crippen molar-refractivity contribution in [2.75, 3.05) is 39.8 Å². The molecule has 0 aromatic heterocycles. The Morgan fingerprint density at radius 1 is 1.29 bits per heavy atom. The van der Waals surface area contributed by atoms with Gasteiger partial charge < -0.3 is 15.4 Å². The van der Waals surface area contributed by atoms with Crippen LogP contribution in [0.1, 0.15) is 10.4 Å². The largest absolute Gasteiger partial charge is 0.496 e. The zero-order chi connectivity index (χ0) is 15.4. The molecule has 1 aromatic rings. The Bertz CT molecular complexity index is 542. The molecular weight excluding hydrogens is 294 g/mol. The smallest absolute Gasteiger partial charge is 0.257 e. The number of amides is 2. The number of nitrogens with two attached hydrogens (primary N) is 1. The van der Waals surface area contributed by atoms with E-state index in [4.69, 9.17) is 22.1 Å². The first kappa shape index (κ1) is 15.6. The number of ether oxygens (including phenoxy) is 1. The molecule has 7 heteroatoms. The minimum absolute atomic E-state index is 0.118. The van der Waals surface area contributed by atoms with Gasteiger partial charge in [0.25, 0.3) is 5.91 Å². The molecule has 2 amide bonds. The molecule has 114 valence electrons. The van der Waals surface area contributed by atoms with Crippen LogP contribution in [0.2, 0.25) is 5.02 Å². The predicted molar refractivity (Wildman–Crippen MR) is 79.5 cm³/mol. The number of methoxy groups -OCH3 is 1. The lowest BCUT2D eigenvalue weighted by molar-refractivity contribution is -0.119. The summed E-state index contributed by atoms with van der Waals surface area (Å²) in [6.07, 6.45) is 0. The second-order valence-corrected chi connectivity index (χ2v) is 5.32. The van der Waals surface area contributed by atoms with Crippen molar-refractivity contribution in [2.45, 2.75) is 0 Å². The van der Waals surface area contributed by atoms with Gasteiger partial charge in [-0.05, 0) is 18.2 Å². The number of nitrogens with zero attached hydrogens (tertiary/aromatic N) is 2. The number of halogens is 1. The number of benzene rings is 1. The van der Waals surface area contributed by atoms with E-state index in [2.05, 4.69) is 0 Å². The fraction of sp³-hybridized carbons (Fsp3) is 0.429. The van der Waals surface area contributed by atoms with Gasteiger partial charge in [-0.25, -0.2) is 0 Å². The second kappa shape index (κ2) is 6.78. The molecule has 0 radical (unpaired) electrons. The van der Waals surface area contributed by atoms with Crippen LogP contribution in [0.25, 0.3) is 0 Å². The molecule has 1 heterocycles. The normalized spacial score (nSPS) is 15.8. The highest BCUT2D eigenvalue weighted by Crippen LogP contribution is 2.24. The van der Waals surface area contributed by atoms with E-state index in [1.165, 1.54) is 7.11 Å². The monoisotopic (exact) mass is 311 g/mol. The average molecular weight is 312 g/mol. The van der Waals surface area contributed by atoms with Crippen molar-refractivity contribution in [3.63, 3.8) is 0 Å². The molecule has 0 saturated carbocycles. The lowest BCUT2D eigenvalue weighted by Crippen LogP contribution is -2.50. The molecule has 1 aliphatic heterocycles. The zero-order valence-corrected chi connectivity index (χ0v) is 12.6. The molecule has 1 aromatic carbocycles. The lowest BCUT2D eigenvalue weighted by atomic mass is 10.1. The Hall–Kier alpha value is -1.79. The van der Waals surface area contributed by atoms with E-state index in [0.29, 0.717) is 42.5 Å². The summed E-state index contributed by atoms with van der Waals surface area (Å²) in [7, 11) is 1.52. The maximum absolute atomic E-state index is 12.5. The number of hydrogen-bond acceptors (Lipinski definition) is 4. The number of piperazine rings is 1. The van der Waals surface area contributed by atoms with Crippen LogP contribution in [0.5, 0.6) is 5.75 Å². The van der Waals surface area contributed by atoms with Crippen molar-refractivity contribution in [3.8, 4) is 5.75 Å². The Labute approximate surface area is 128 Å². The van der Waals surface area contributed by atoms with Gasteiger partial charge in [0, 0.05) is 31.2 Å². The molecule has 1 aliphatic rings. The molecule has 0 atom stereocenters. The maximum atomic E-state index is 12.5. The number of primary amides is 1. The number of carbonyl (C=O) groups excluding carboxylic acids is 2. The van der Waals surface area contributed by atoms with Gasteiger partial charge in [0.1, 0.15) is 5.75 Å². The van der Waals surface area contributed by atoms with Gasteiger partial charge in [0.2, 0.25) is 5.91 Å². The summed E-state index contributed by atoms with van der Waals surface area (Å²) in [5, 5.41) is 0.492. The second-order valence-electron chi connectivity index (χ2n) is 4.88. The summed E-state index contributed by atoms with van der Waals surface area (Å²) in [6.45, 7) is 2.56. The van der Waals surface area contributed by atoms with Gasteiger partial charge in [-0.3, -0.25) is 14.5 Å².